The summed E-state index contributed by atoms with van der Waals surface area (Å²) >= 11 is 0. The molecule has 9 heavy (non-hydrogen) atoms. The van der Waals surface area contributed by atoms with Crippen LogP contribution in [0.5, 0.6) is 0 Å². The lowest BCUT2D eigenvalue weighted by Crippen LogP contribution is -2.06. The average Bonchev–Trinajstić information content (AvgIpc) is 1.91. The van der Waals surface area contributed by atoms with E-state index in [4.69, 9.17) is 4.74 Å². The maximum Gasteiger partial charge on any atom is 0.0503 e. The van der Waals surface area contributed by atoms with Gasteiger partial charge < -0.3 is 4.74 Å². The third kappa shape index (κ3) is 2.02. The van der Waals surface area contributed by atoms with E-state index in [1.54, 1.807) is 0 Å². The average molecular weight is 124 g/mol. The van der Waals surface area contributed by atoms with E-state index in [0.717, 1.165) is 26.1 Å². The molecule has 0 N–H and O–H groups in total. The molecule has 1 aliphatic rings. The fourth-order valence-electron chi connectivity index (χ4n) is 0.967. The summed E-state index contributed by atoms with van der Waals surface area (Å²) in [6.07, 6.45) is 6.11. The molecule has 1 nitrogen and oxygen atoms in total. The van der Waals surface area contributed by atoms with Crippen molar-refractivity contribution in [2.24, 2.45) is 0 Å². The maximum atomic E-state index is 5.17. The molecule has 0 bridgehead atoms. The Morgan fingerprint density at radius 2 is 2.00 bits per heavy atom. The molecule has 1 fully saturated rings. The van der Waals surface area contributed by atoms with Gasteiger partial charge >= 0.3 is 0 Å². The summed E-state index contributed by atoms with van der Waals surface area (Å²) < 4.78 is 5.17. The Hall–Kier alpha value is -0.560. The lowest BCUT2D eigenvalue weighted by molar-refractivity contribution is 0.119. The second-order valence-electron chi connectivity index (χ2n) is 2.17. The van der Waals surface area contributed by atoms with E-state index in [-0.39, 0.29) is 0 Å². The van der Waals surface area contributed by atoms with E-state index < -0.39 is 0 Å². The van der Waals surface area contributed by atoms with Crippen LogP contribution in [0.3, 0.4) is 0 Å². The predicted molar refractivity (Wildman–Crippen MR) is 38.3 cm³/mol. The number of allylic oxidation sites excluding steroid dienone is 2. The first-order chi connectivity index (χ1) is 4.43. The summed E-state index contributed by atoms with van der Waals surface area (Å²) in [5, 5.41) is 0. The third-order valence-corrected chi connectivity index (χ3v) is 1.49. The number of ether oxygens (including phenoxy) is 1. The van der Waals surface area contributed by atoms with Crippen LogP contribution in [-0.4, -0.2) is 13.2 Å². The predicted octanol–water partition coefficient (Wildman–Crippen LogP) is 1.91. The molecule has 1 heterocycles. The van der Waals surface area contributed by atoms with Crippen molar-refractivity contribution in [1.29, 1.82) is 0 Å². The highest BCUT2D eigenvalue weighted by Gasteiger charge is 2.02. The highest BCUT2D eigenvalue weighted by Crippen LogP contribution is 2.12. The van der Waals surface area contributed by atoms with Crippen LogP contribution in [0.25, 0.3) is 0 Å². The van der Waals surface area contributed by atoms with Gasteiger partial charge in [-0.2, -0.15) is 0 Å². The van der Waals surface area contributed by atoms with E-state index in [2.05, 4.69) is 12.7 Å². The Kier molecular flexibility index (Phi) is 2.52. The number of hydrogen-bond donors (Lipinski definition) is 0. The molecule has 1 rings (SSSR count). The largest absolute Gasteiger partial charge is 0.381 e. The molecule has 0 unspecified atom stereocenters. The van der Waals surface area contributed by atoms with Crippen molar-refractivity contribution in [3.63, 3.8) is 0 Å². The summed E-state index contributed by atoms with van der Waals surface area (Å²) in [5.74, 6) is 0. The summed E-state index contributed by atoms with van der Waals surface area (Å²) in [6, 6.07) is 0. The quantitative estimate of drug-likeness (QED) is 0.519. The van der Waals surface area contributed by atoms with E-state index >= 15 is 0 Å². The molecule has 0 atom stereocenters. The Bertz CT molecular complexity index is 117. The Morgan fingerprint density at radius 1 is 1.33 bits per heavy atom. The van der Waals surface area contributed by atoms with Gasteiger partial charge in [0.15, 0.2) is 0 Å². The van der Waals surface area contributed by atoms with Gasteiger partial charge in [0.05, 0.1) is 13.2 Å². The van der Waals surface area contributed by atoms with Crippen LogP contribution in [0, 0.1) is 0 Å². The SMILES string of the molecule is C=CC=C1CCOCC1. The van der Waals surface area contributed by atoms with Crippen molar-refractivity contribution in [3.8, 4) is 0 Å². The van der Waals surface area contributed by atoms with Crippen LogP contribution in [0.2, 0.25) is 0 Å². The lowest BCUT2D eigenvalue weighted by atomic mass is 10.1. The van der Waals surface area contributed by atoms with Gasteiger partial charge in [-0.15, -0.1) is 0 Å². The summed E-state index contributed by atoms with van der Waals surface area (Å²) in [6.45, 7) is 5.41. The Balaban J connectivity index is 2.39. The molecule has 0 amide bonds. The molecule has 0 aromatic heterocycles. The topological polar surface area (TPSA) is 9.23 Å². The lowest BCUT2D eigenvalue weighted by Gasteiger charge is -2.13. The molecule has 0 saturated carbocycles. The summed E-state index contributed by atoms with van der Waals surface area (Å²) in [7, 11) is 0. The molecular weight excluding hydrogens is 112 g/mol. The van der Waals surface area contributed by atoms with E-state index in [1.807, 2.05) is 6.08 Å². The smallest absolute Gasteiger partial charge is 0.0503 e. The maximum absolute atomic E-state index is 5.17. The van der Waals surface area contributed by atoms with Crippen LogP contribution in [-0.2, 0) is 4.74 Å². The second kappa shape index (κ2) is 3.46. The van der Waals surface area contributed by atoms with Gasteiger partial charge in [-0.25, -0.2) is 0 Å². The van der Waals surface area contributed by atoms with Crippen molar-refractivity contribution in [1.82, 2.24) is 0 Å². The van der Waals surface area contributed by atoms with Crippen LogP contribution >= 0.6 is 0 Å². The first-order valence-electron chi connectivity index (χ1n) is 3.31. The molecule has 0 spiro atoms. The van der Waals surface area contributed by atoms with Crippen molar-refractivity contribution in [2.75, 3.05) is 13.2 Å². The Morgan fingerprint density at radius 3 is 2.56 bits per heavy atom. The zero-order chi connectivity index (χ0) is 6.53. The first-order valence-corrected chi connectivity index (χ1v) is 3.31. The molecule has 1 saturated heterocycles. The van der Waals surface area contributed by atoms with Gasteiger partial charge in [0, 0.05) is 0 Å². The summed E-state index contributed by atoms with van der Waals surface area (Å²) in [4.78, 5) is 0. The molecular formula is C8H12O. The number of rotatable bonds is 1. The zero-order valence-corrected chi connectivity index (χ0v) is 5.60. The molecule has 0 radical (unpaired) electrons. The van der Waals surface area contributed by atoms with E-state index in [0.29, 0.717) is 0 Å². The molecule has 1 heteroatoms. The number of hydrogen-bond acceptors (Lipinski definition) is 1. The van der Waals surface area contributed by atoms with Crippen LogP contribution in [0.15, 0.2) is 24.3 Å². The molecule has 0 aliphatic carbocycles. The molecule has 1 aliphatic heterocycles. The molecule has 0 aromatic carbocycles. The zero-order valence-electron chi connectivity index (χ0n) is 5.60. The second-order valence-corrected chi connectivity index (χ2v) is 2.17. The van der Waals surface area contributed by atoms with Gasteiger partial charge in [-0.05, 0) is 12.8 Å². The summed E-state index contributed by atoms with van der Waals surface area (Å²) in [5.41, 5.74) is 1.47. The molecule has 50 valence electrons. The van der Waals surface area contributed by atoms with Crippen molar-refractivity contribution in [3.05, 3.63) is 24.3 Å². The molecule has 0 aromatic rings. The van der Waals surface area contributed by atoms with E-state index in [9.17, 15) is 0 Å². The van der Waals surface area contributed by atoms with Crippen molar-refractivity contribution in [2.45, 2.75) is 12.8 Å². The first kappa shape index (κ1) is 6.56. The third-order valence-electron chi connectivity index (χ3n) is 1.49. The minimum atomic E-state index is 0.889. The van der Waals surface area contributed by atoms with Crippen molar-refractivity contribution < 1.29 is 4.74 Å². The van der Waals surface area contributed by atoms with Gasteiger partial charge in [0.25, 0.3) is 0 Å². The van der Waals surface area contributed by atoms with Gasteiger partial charge in [-0.3, -0.25) is 0 Å². The monoisotopic (exact) mass is 124 g/mol. The van der Waals surface area contributed by atoms with Crippen LogP contribution in [0.4, 0.5) is 0 Å². The Labute approximate surface area is 56.0 Å². The van der Waals surface area contributed by atoms with Gasteiger partial charge in [0.2, 0.25) is 0 Å². The minimum Gasteiger partial charge on any atom is -0.381 e. The highest BCUT2D eigenvalue weighted by molar-refractivity contribution is 5.11. The van der Waals surface area contributed by atoms with Crippen LogP contribution < -0.4 is 0 Å². The van der Waals surface area contributed by atoms with E-state index in [1.165, 1.54) is 5.57 Å². The van der Waals surface area contributed by atoms with Gasteiger partial charge in [0.1, 0.15) is 0 Å². The highest BCUT2D eigenvalue weighted by atomic mass is 16.5. The standard InChI is InChI=1S/C8H12O/c1-2-3-8-4-6-9-7-5-8/h2-3H,1,4-7H2. The van der Waals surface area contributed by atoms with Crippen molar-refractivity contribution >= 4 is 0 Å². The fraction of sp³-hybridized carbons (Fsp3) is 0.500. The normalized spacial score (nSPS) is 19.3. The fourth-order valence-corrected chi connectivity index (χ4v) is 0.967. The van der Waals surface area contributed by atoms with Gasteiger partial charge in [-0.1, -0.05) is 24.3 Å². The van der Waals surface area contributed by atoms with Crippen LogP contribution in [0.1, 0.15) is 12.8 Å². The minimum absolute atomic E-state index is 0.889.